The molecule has 7 heteroatoms. The van der Waals surface area contributed by atoms with Crippen LogP contribution in [0.1, 0.15) is 70.9 Å². The molecule has 0 aliphatic heterocycles. The topological polar surface area (TPSA) is 103 Å². The Bertz CT molecular complexity index is 1220. The molecule has 0 aliphatic rings. The van der Waals surface area contributed by atoms with Crippen molar-refractivity contribution in [1.29, 1.82) is 0 Å². The first kappa shape index (κ1) is 23.7. The summed E-state index contributed by atoms with van der Waals surface area (Å²) in [5.74, 6) is -2.13. The third-order valence-corrected chi connectivity index (χ3v) is 5.24. The normalized spacial score (nSPS) is 10.5. The van der Waals surface area contributed by atoms with Crippen LogP contribution in [-0.2, 0) is 9.47 Å². The van der Waals surface area contributed by atoms with Crippen molar-refractivity contribution in [3.05, 3.63) is 93.3 Å². The molecular weight excluding hydrogens is 422 g/mol. The van der Waals surface area contributed by atoms with Crippen LogP contribution in [0.3, 0.4) is 0 Å². The van der Waals surface area contributed by atoms with E-state index in [0.29, 0.717) is 22.4 Å². The minimum absolute atomic E-state index is 0.0717. The van der Waals surface area contributed by atoms with Gasteiger partial charge in [-0.1, -0.05) is 48.0 Å². The Morgan fingerprint density at radius 2 is 1.45 bits per heavy atom. The predicted molar refractivity (Wildman–Crippen MR) is 122 cm³/mol. The number of benzene rings is 2. The zero-order chi connectivity index (χ0) is 24.1. The Labute approximate surface area is 191 Å². The van der Waals surface area contributed by atoms with Crippen molar-refractivity contribution in [3.63, 3.8) is 0 Å². The van der Waals surface area contributed by atoms with E-state index in [4.69, 9.17) is 9.47 Å². The number of Topliss-reactive ketones (excluding diaryl/α,β-unsaturated/α-hetero) is 1. The molecule has 1 N–H and O–H groups in total. The summed E-state index contributed by atoms with van der Waals surface area (Å²) in [4.78, 5) is 53.4. The minimum atomic E-state index is -0.786. The molecule has 170 valence electrons. The van der Waals surface area contributed by atoms with Crippen LogP contribution in [0.4, 0.5) is 0 Å². The van der Waals surface area contributed by atoms with Gasteiger partial charge in [-0.3, -0.25) is 9.59 Å². The van der Waals surface area contributed by atoms with Gasteiger partial charge in [-0.25, -0.2) is 9.59 Å². The highest BCUT2D eigenvalue weighted by atomic mass is 16.5. The number of nitrogens with one attached hydrogen (secondary N) is 1. The van der Waals surface area contributed by atoms with Crippen molar-refractivity contribution in [2.45, 2.75) is 27.7 Å². The molecule has 0 amide bonds. The highest BCUT2D eigenvalue weighted by molar-refractivity contribution is 6.14. The zero-order valence-corrected chi connectivity index (χ0v) is 19.0. The molecule has 0 radical (unpaired) electrons. The average Bonchev–Trinajstić information content (AvgIpc) is 3.11. The summed E-state index contributed by atoms with van der Waals surface area (Å²) in [6, 6.07) is 13.3. The minimum Gasteiger partial charge on any atom is -0.462 e. The number of ketones is 2. The number of hydrogen-bond acceptors (Lipinski definition) is 6. The summed E-state index contributed by atoms with van der Waals surface area (Å²) in [5, 5.41) is 0. The van der Waals surface area contributed by atoms with Gasteiger partial charge in [0.1, 0.15) is 0 Å². The van der Waals surface area contributed by atoms with Crippen LogP contribution >= 0.6 is 0 Å². The maximum Gasteiger partial charge on any atom is 0.340 e. The Morgan fingerprint density at radius 3 is 2.09 bits per heavy atom. The second-order valence-electron chi connectivity index (χ2n) is 7.59. The molecular formula is C26H25NO6. The Kier molecular flexibility index (Phi) is 7.23. The van der Waals surface area contributed by atoms with Gasteiger partial charge in [-0.15, -0.1) is 0 Å². The van der Waals surface area contributed by atoms with Gasteiger partial charge in [0.05, 0.1) is 23.4 Å². The monoisotopic (exact) mass is 447 g/mol. The third-order valence-electron chi connectivity index (χ3n) is 5.24. The molecule has 0 atom stereocenters. The maximum absolute atomic E-state index is 12.9. The van der Waals surface area contributed by atoms with E-state index in [1.165, 1.54) is 6.07 Å². The second kappa shape index (κ2) is 10.1. The molecule has 3 rings (SSSR count). The van der Waals surface area contributed by atoms with Gasteiger partial charge in [0.25, 0.3) is 0 Å². The number of hydrogen-bond donors (Lipinski definition) is 1. The molecule has 2 aromatic carbocycles. The molecule has 0 unspecified atom stereocenters. The van der Waals surface area contributed by atoms with Gasteiger partial charge in [0.2, 0.25) is 5.78 Å². The molecule has 3 aromatic rings. The lowest BCUT2D eigenvalue weighted by Crippen LogP contribution is -2.18. The summed E-state index contributed by atoms with van der Waals surface area (Å²) in [6.07, 6.45) is 0. The van der Waals surface area contributed by atoms with Crippen molar-refractivity contribution in [2.24, 2.45) is 0 Å². The first-order chi connectivity index (χ1) is 15.7. The van der Waals surface area contributed by atoms with Crippen molar-refractivity contribution in [3.8, 4) is 0 Å². The average molecular weight is 447 g/mol. The summed E-state index contributed by atoms with van der Waals surface area (Å²) >= 11 is 0. The fourth-order valence-electron chi connectivity index (χ4n) is 3.54. The fourth-order valence-corrected chi connectivity index (χ4v) is 3.54. The molecule has 0 fully saturated rings. The molecule has 0 bridgehead atoms. The van der Waals surface area contributed by atoms with Gasteiger partial charge < -0.3 is 14.5 Å². The number of esters is 2. The van der Waals surface area contributed by atoms with Gasteiger partial charge in [0.15, 0.2) is 12.4 Å². The Hall–Kier alpha value is -4.00. The predicted octanol–water partition coefficient (Wildman–Crippen LogP) is 4.39. The SMILES string of the molecule is CCOC(=O)c1c(C)[nH]c(C(=O)COC(=O)c2ccccc2C(=O)c2ccc(C)cc2)c1C. The summed E-state index contributed by atoms with van der Waals surface area (Å²) in [7, 11) is 0. The first-order valence-corrected chi connectivity index (χ1v) is 10.5. The number of carbonyl (C=O) groups excluding carboxylic acids is 4. The number of aryl methyl sites for hydroxylation is 2. The van der Waals surface area contributed by atoms with E-state index in [1.807, 2.05) is 19.1 Å². The van der Waals surface area contributed by atoms with Crippen LogP contribution in [0.2, 0.25) is 0 Å². The van der Waals surface area contributed by atoms with Gasteiger partial charge in [-0.2, -0.15) is 0 Å². The highest BCUT2D eigenvalue weighted by Gasteiger charge is 2.25. The van der Waals surface area contributed by atoms with E-state index in [0.717, 1.165) is 5.56 Å². The lowest BCUT2D eigenvalue weighted by Gasteiger charge is -2.09. The quantitative estimate of drug-likeness (QED) is 0.406. The molecule has 0 spiro atoms. The largest absolute Gasteiger partial charge is 0.462 e. The zero-order valence-electron chi connectivity index (χ0n) is 19.0. The molecule has 33 heavy (non-hydrogen) atoms. The molecule has 7 nitrogen and oxygen atoms in total. The van der Waals surface area contributed by atoms with Gasteiger partial charge in [0, 0.05) is 16.8 Å². The summed E-state index contributed by atoms with van der Waals surface area (Å²) < 4.78 is 10.3. The van der Waals surface area contributed by atoms with Crippen molar-refractivity contribution >= 4 is 23.5 Å². The van der Waals surface area contributed by atoms with E-state index >= 15 is 0 Å². The van der Waals surface area contributed by atoms with E-state index in [-0.39, 0.29) is 29.2 Å². The summed E-state index contributed by atoms with van der Waals surface area (Å²) in [6.45, 7) is 6.57. The number of aromatic amines is 1. The molecule has 1 aromatic heterocycles. The van der Waals surface area contributed by atoms with E-state index in [1.54, 1.807) is 51.1 Å². The molecule has 1 heterocycles. The standard InChI is InChI=1S/C26H25NO6/c1-5-32-26(31)22-16(3)23(27-17(22)4)21(28)14-33-25(30)20-9-7-6-8-19(20)24(29)18-12-10-15(2)11-13-18/h6-13,27H,5,14H2,1-4H3. The van der Waals surface area contributed by atoms with Crippen molar-refractivity contribution < 1.29 is 28.7 Å². The highest BCUT2D eigenvalue weighted by Crippen LogP contribution is 2.20. The number of carbonyl (C=O) groups is 4. The molecule has 0 saturated carbocycles. The van der Waals surface area contributed by atoms with E-state index < -0.39 is 24.3 Å². The Balaban J connectivity index is 1.76. The third kappa shape index (κ3) is 5.09. The van der Waals surface area contributed by atoms with E-state index in [9.17, 15) is 19.2 Å². The van der Waals surface area contributed by atoms with Gasteiger partial charge in [-0.05, 0) is 39.3 Å². The first-order valence-electron chi connectivity index (χ1n) is 10.5. The fraction of sp³-hybridized carbons (Fsp3) is 0.231. The number of aromatic nitrogens is 1. The molecule has 0 saturated heterocycles. The lowest BCUT2D eigenvalue weighted by molar-refractivity contribution is 0.0470. The van der Waals surface area contributed by atoms with Crippen LogP contribution in [-0.4, -0.2) is 41.7 Å². The van der Waals surface area contributed by atoms with E-state index in [2.05, 4.69) is 4.98 Å². The van der Waals surface area contributed by atoms with Crippen LogP contribution in [0.5, 0.6) is 0 Å². The van der Waals surface area contributed by atoms with Gasteiger partial charge >= 0.3 is 11.9 Å². The number of rotatable bonds is 8. The number of ether oxygens (including phenoxy) is 2. The van der Waals surface area contributed by atoms with Crippen molar-refractivity contribution in [2.75, 3.05) is 13.2 Å². The van der Waals surface area contributed by atoms with Crippen LogP contribution < -0.4 is 0 Å². The number of H-pyrrole nitrogens is 1. The van der Waals surface area contributed by atoms with Crippen molar-refractivity contribution in [1.82, 2.24) is 4.98 Å². The second-order valence-corrected chi connectivity index (χ2v) is 7.59. The van der Waals surface area contributed by atoms with Crippen LogP contribution in [0.15, 0.2) is 48.5 Å². The van der Waals surface area contributed by atoms with Crippen LogP contribution in [0.25, 0.3) is 0 Å². The smallest absolute Gasteiger partial charge is 0.340 e. The summed E-state index contributed by atoms with van der Waals surface area (Å²) in [5.41, 5.74) is 3.11. The maximum atomic E-state index is 12.9. The Morgan fingerprint density at radius 1 is 0.818 bits per heavy atom. The molecule has 0 aliphatic carbocycles. The van der Waals surface area contributed by atoms with Crippen LogP contribution in [0, 0.1) is 20.8 Å². The lowest BCUT2D eigenvalue weighted by atomic mass is 9.98.